The van der Waals surface area contributed by atoms with Gasteiger partial charge in [-0.2, -0.15) is 4.31 Å². The highest BCUT2D eigenvalue weighted by molar-refractivity contribution is 7.89. The molecule has 3 heterocycles. The highest BCUT2D eigenvalue weighted by atomic mass is 32.2. The Bertz CT molecular complexity index is 1070. The first kappa shape index (κ1) is 19.2. The minimum absolute atomic E-state index is 0.155. The molecule has 1 fully saturated rings. The molecule has 0 spiro atoms. The number of furan rings is 1. The molecule has 1 aliphatic rings. The monoisotopic (exact) mass is 413 g/mol. The number of hydrogen-bond donors (Lipinski definition) is 1. The van der Waals surface area contributed by atoms with E-state index in [4.69, 9.17) is 9.15 Å². The lowest BCUT2D eigenvalue weighted by Crippen LogP contribution is -2.27. The molecular formula is C20H19N3O5S. The number of pyridine rings is 1. The number of benzene rings is 1. The Hall–Kier alpha value is -3.17. The number of nitrogens with one attached hydrogen (secondary N) is 1. The maximum Gasteiger partial charge on any atom is 0.291 e. The number of hydrogen-bond acceptors (Lipinski definition) is 6. The molecule has 1 amide bonds. The zero-order valence-electron chi connectivity index (χ0n) is 15.4. The quantitative estimate of drug-likeness (QED) is 0.664. The van der Waals surface area contributed by atoms with Crippen molar-refractivity contribution in [2.45, 2.75) is 17.7 Å². The largest absolute Gasteiger partial charge is 0.459 e. The summed E-state index contributed by atoms with van der Waals surface area (Å²) in [6.07, 6.45) is 4.50. The van der Waals surface area contributed by atoms with Crippen LogP contribution in [0.5, 0.6) is 11.6 Å². The van der Waals surface area contributed by atoms with Crippen molar-refractivity contribution in [3.63, 3.8) is 0 Å². The van der Waals surface area contributed by atoms with Gasteiger partial charge in [-0.25, -0.2) is 13.4 Å². The summed E-state index contributed by atoms with van der Waals surface area (Å²) < 4.78 is 37.2. The van der Waals surface area contributed by atoms with Crippen LogP contribution in [0.15, 0.2) is 70.3 Å². The van der Waals surface area contributed by atoms with Gasteiger partial charge < -0.3 is 14.5 Å². The normalized spacial score (nSPS) is 14.6. The van der Waals surface area contributed by atoms with Gasteiger partial charge in [0, 0.05) is 24.8 Å². The van der Waals surface area contributed by atoms with Gasteiger partial charge in [-0.3, -0.25) is 4.79 Å². The molecule has 1 N–H and O–H groups in total. The van der Waals surface area contributed by atoms with E-state index in [9.17, 15) is 13.2 Å². The Balaban J connectivity index is 1.39. The summed E-state index contributed by atoms with van der Waals surface area (Å²) in [7, 11) is -3.50. The number of aromatic nitrogens is 1. The van der Waals surface area contributed by atoms with Gasteiger partial charge in [0.25, 0.3) is 5.91 Å². The van der Waals surface area contributed by atoms with Crippen LogP contribution in [0.1, 0.15) is 23.4 Å². The van der Waals surface area contributed by atoms with Gasteiger partial charge in [0.15, 0.2) is 5.76 Å². The van der Waals surface area contributed by atoms with Crippen LogP contribution < -0.4 is 10.1 Å². The third kappa shape index (κ3) is 4.30. The number of carbonyl (C=O) groups is 1. The van der Waals surface area contributed by atoms with Crippen molar-refractivity contribution in [1.82, 2.24) is 9.29 Å². The predicted octanol–water partition coefficient (Wildman–Crippen LogP) is 3.50. The zero-order valence-corrected chi connectivity index (χ0v) is 16.3. The number of carbonyl (C=O) groups excluding carboxylic acids is 1. The standard InChI is InChI=1S/C20H19N3O5S/c24-20(18-4-3-13-27-18)22-15-5-7-16(8-6-15)28-19-10-9-17(14-21-19)29(25,26)23-11-1-2-12-23/h3-10,13-14H,1-2,11-12H2,(H,22,24). The van der Waals surface area contributed by atoms with Crippen molar-refractivity contribution >= 4 is 21.6 Å². The molecule has 4 rings (SSSR count). The molecule has 150 valence electrons. The fourth-order valence-corrected chi connectivity index (χ4v) is 4.45. The molecule has 0 atom stereocenters. The number of ether oxygens (including phenoxy) is 1. The summed E-state index contributed by atoms with van der Waals surface area (Å²) in [5, 5.41) is 2.71. The van der Waals surface area contributed by atoms with E-state index < -0.39 is 10.0 Å². The Morgan fingerprint density at radius 1 is 1.07 bits per heavy atom. The van der Waals surface area contributed by atoms with E-state index in [1.165, 1.54) is 28.9 Å². The van der Waals surface area contributed by atoms with Gasteiger partial charge in [-0.15, -0.1) is 0 Å². The van der Waals surface area contributed by atoms with E-state index in [-0.39, 0.29) is 22.4 Å². The minimum Gasteiger partial charge on any atom is -0.459 e. The van der Waals surface area contributed by atoms with Gasteiger partial charge >= 0.3 is 0 Å². The Kier molecular flexibility index (Phi) is 5.32. The van der Waals surface area contributed by atoms with E-state index in [0.717, 1.165) is 12.8 Å². The van der Waals surface area contributed by atoms with Crippen molar-refractivity contribution < 1.29 is 22.4 Å². The van der Waals surface area contributed by atoms with Crippen molar-refractivity contribution in [3.05, 3.63) is 66.8 Å². The first-order valence-electron chi connectivity index (χ1n) is 9.11. The average Bonchev–Trinajstić information content (AvgIpc) is 3.44. The molecule has 0 saturated carbocycles. The maximum atomic E-state index is 12.5. The minimum atomic E-state index is -3.50. The number of rotatable bonds is 6. The van der Waals surface area contributed by atoms with E-state index >= 15 is 0 Å². The molecule has 0 radical (unpaired) electrons. The summed E-state index contributed by atoms with van der Waals surface area (Å²) in [6, 6.07) is 12.9. The van der Waals surface area contributed by atoms with Gasteiger partial charge in [0.1, 0.15) is 10.6 Å². The summed E-state index contributed by atoms with van der Waals surface area (Å²) >= 11 is 0. The van der Waals surface area contributed by atoms with Crippen LogP contribution in [-0.2, 0) is 10.0 Å². The number of amides is 1. The van der Waals surface area contributed by atoms with Crippen molar-refractivity contribution in [1.29, 1.82) is 0 Å². The lowest BCUT2D eigenvalue weighted by molar-refractivity contribution is 0.0996. The smallest absolute Gasteiger partial charge is 0.291 e. The molecule has 2 aromatic heterocycles. The SMILES string of the molecule is O=C(Nc1ccc(Oc2ccc(S(=O)(=O)N3CCCC3)cn2)cc1)c1ccco1. The first-order chi connectivity index (χ1) is 14.0. The number of nitrogens with zero attached hydrogens (tertiary/aromatic N) is 2. The van der Waals surface area contributed by atoms with E-state index in [1.807, 2.05) is 0 Å². The highest BCUT2D eigenvalue weighted by Gasteiger charge is 2.27. The first-order valence-corrected chi connectivity index (χ1v) is 10.6. The van der Waals surface area contributed by atoms with Crippen molar-refractivity contribution in [2.24, 2.45) is 0 Å². The second-order valence-corrected chi connectivity index (χ2v) is 8.44. The highest BCUT2D eigenvalue weighted by Crippen LogP contribution is 2.25. The van der Waals surface area contributed by atoms with Crippen LogP contribution in [0.4, 0.5) is 5.69 Å². The lowest BCUT2D eigenvalue weighted by Gasteiger charge is -2.15. The molecule has 9 heteroatoms. The maximum absolute atomic E-state index is 12.5. The van der Waals surface area contributed by atoms with E-state index in [1.54, 1.807) is 36.4 Å². The summed E-state index contributed by atoms with van der Waals surface area (Å²) in [4.78, 5) is 16.2. The lowest BCUT2D eigenvalue weighted by atomic mass is 10.3. The predicted molar refractivity (Wildman–Crippen MR) is 105 cm³/mol. The molecule has 3 aromatic rings. The summed E-state index contributed by atoms with van der Waals surface area (Å²) in [6.45, 7) is 1.09. The van der Waals surface area contributed by atoms with Crippen LogP contribution in [-0.4, -0.2) is 36.7 Å². The van der Waals surface area contributed by atoms with Crippen LogP contribution in [0.25, 0.3) is 0 Å². The Morgan fingerprint density at radius 3 is 2.45 bits per heavy atom. The Labute approximate surface area is 168 Å². The van der Waals surface area contributed by atoms with E-state index in [0.29, 0.717) is 24.5 Å². The second-order valence-electron chi connectivity index (χ2n) is 6.50. The fraction of sp³-hybridized carbons (Fsp3) is 0.200. The molecule has 1 saturated heterocycles. The van der Waals surface area contributed by atoms with Gasteiger partial charge in [0.05, 0.1) is 12.5 Å². The topological polar surface area (TPSA) is 102 Å². The van der Waals surface area contributed by atoms with Crippen LogP contribution in [0, 0.1) is 0 Å². The van der Waals surface area contributed by atoms with Gasteiger partial charge in [-0.1, -0.05) is 0 Å². The molecule has 0 bridgehead atoms. The average molecular weight is 413 g/mol. The van der Waals surface area contributed by atoms with Crippen molar-refractivity contribution in [3.8, 4) is 11.6 Å². The van der Waals surface area contributed by atoms with Crippen molar-refractivity contribution in [2.75, 3.05) is 18.4 Å². The molecule has 0 unspecified atom stereocenters. The van der Waals surface area contributed by atoms with Crippen LogP contribution in [0.3, 0.4) is 0 Å². The van der Waals surface area contributed by atoms with Gasteiger partial charge in [-0.05, 0) is 55.3 Å². The number of sulfonamides is 1. The second kappa shape index (κ2) is 8.06. The van der Waals surface area contributed by atoms with E-state index in [2.05, 4.69) is 10.3 Å². The van der Waals surface area contributed by atoms with Crippen LogP contribution in [0.2, 0.25) is 0 Å². The Morgan fingerprint density at radius 2 is 1.83 bits per heavy atom. The fourth-order valence-electron chi connectivity index (χ4n) is 2.98. The molecule has 0 aliphatic carbocycles. The number of anilines is 1. The van der Waals surface area contributed by atoms with Crippen LogP contribution >= 0.6 is 0 Å². The molecular weight excluding hydrogens is 394 g/mol. The molecule has 8 nitrogen and oxygen atoms in total. The third-order valence-electron chi connectivity index (χ3n) is 4.49. The molecule has 29 heavy (non-hydrogen) atoms. The molecule has 1 aliphatic heterocycles. The third-order valence-corrected chi connectivity index (χ3v) is 6.37. The zero-order chi connectivity index (χ0) is 20.3. The summed E-state index contributed by atoms with van der Waals surface area (Å²) in [5.74, 6) is 0.653. The summed E-state index contributed by atoms with van der Waals surface area (Å²) in [5.41, 5.74) is 0.582. The van der Waals surface area contributed by atoms with Gasteiger partial charge in [0.2, 0.25) is 15.9 Å². The molecule has 1 aromatic carbocycles.